The molecule has 1 unspecified atom stereocenters. The molecule has 5 rings (SSSR count). The largest absolute Gasteiger partial charge is 0.378 e. The number of pyridine rings is 1. The first kappa shape index (κ1) is 20.1. The number of methoxy groups -OCH3 is 1. The molecule has 1 fully saturated rings. The van der Waals surface area contributed by atoms with Crippen LogP contribution in [0.1, 0.15) is 34.5 Å². The van der Waals surface area contributed by atoms with Crippen LogP contribution in [0.2, 0.25) is 0 Å². The highest BCUT2D eigenvalue weighted by atomic mass is 16.5. The second kappa shape index (κ2) is 8.01. The van der Waals surface area contributed by atoms with Gasteiger partial charge >= 0.3 is 0 Å². The highest BCUT2D eigenvalue weighted by Crippen LogP contribution is 2.32. The lowest BCUT2D eigenvalue weighted by atomic mass is 10.0. The van der Waals surface area contributed by atoms with Crippen LogP contribution in [0.5, 0.6) is 0 Å². The van der Waals surface area contributed by atoms with Crippen LogP contribution in [-0.4, -0.2) is 51.0 Å². The van der Waals surface area contributed by atoms with Crippen LogP contribution in [0, 0.1) is 0 Å². The van der Waals surface area contributed by atoms with Crippen LogP contribution < -0.4 is 5.32 Å². The van der Waals surface area contributed by atoms with Gasteiger partial charge in [0.25, 0.3) is 5.91 Å². The molecule has 2 N–H and O–H groups in total. The zero-order valence-electron chi connectivity index (χ0n) is 17.4. The predicted molar refractivity (Wildman–Crippen MR) is 114 cm³/mol. The van der Waals surface area contributed by atoms with Crippen molar-refractivity contribution in [2.24, 2.45) is 0 Å². The molecule has 2 aliphatic rings. The average molecular weight is 431 g/mol. The molecule has 1 atom stereocenters. The van der Waals surface area contributed by atoms with Gasteiger partial charge in [-0.3, -0.25) is 29.8 Å². The van der Waals surface area contributed by atoms with Gasteiger partial charge in [0.1, 0.15) is 6.04 Å². The van der Waals surface area contributed by atoms with Crippen molar-refractivity contribution < 1.29 is 19.1 Å². The zero-order chi connectivity index (χ0) is 22.2. The zero-order valence-corrected chi connectivity index (χ0v) is 17.4. The van der Waals surface area contributed by atoms with E-state index < -0.39 is 11.9 Å². The smallest absolute Gasteiger partial charge is 0.255 e. The van der Waals surface area contributed by atoms with Gasteiger partial charge in [-0.05, 0) is 42.3 Å². The molecule has 162 valence electrons. The van der Waals surface area contributed by atoms with Gasteiger partial charge < -0.3 is 9.64 Å². The average Bonchev–Trinajstić information content (AvgIpc) is 3.40. The lowest BCUT2D eigenvalue weighted by Gasteiger charge is -2.29. The van der Waals surface area contributed by atoms with Crippen LogP contribution in [0.3, 0.4) is 0 Å². The van der Waals surface area contributed by atoms with Crippen molar-refractivity contribution in [1.82, 2.24) is 25.4 Å². The van der Waals surface area contributed by atoms with Crippen LogP contribution in [0.15, 0.2) is 42.6 Å². The minimum atomic E-state index is -0.627. The van der Waals surface area contributed by atoms with Gasteiger partial charge in [0.05, 0.1) is 23.7 Å². The Morgan fingerprint density at radius 3 is 2.84 bits per heavy atom. The molecule has 32 heavy (non-hydrogen) atoms. The molecule has 2 aliphatic heterocycles. The number of carbonyl (C=O) groups excluding carboxylic acids is 3. The highest BCUT2D eigenvalue weighted by molar-refractivity contribution is 6.05. The number of carbonyl (C=O) groups is 3. The van der Waals surface area contributed by atoms with E-state index in [4.69, 9.17) is 4.74 Å². The Kier molecular flexibility index (Phi) is 5.02. The lowest BCUT2D eigenvalue weighted by molar-refractivity contribution is -0.136. The summed E-state index contributed by atoms with van der Waals surface area (Å²) in [5.41, 5.74) is 5.55. The standard InChI is InChI=1S/C23H21N5O4/c1-32-12-19-16(3-2-8-24-19)18-10-17(26-27-18)13-4-5-15-14(9-13)11-28(23(15)31)20-6-7-21(29)25-22(20)30/h2-5,8-10,20H,6-7,11-12H2,1H3,(H,26,27)(H,25,29,30). The quantitative estimate of drug-likeness (QED) is 0.597. The van der Waals surface area contributed by atoms with Crippen LogP contribution in [-0.2, 0) is 27.5 Å². The number of imide groups is 1. The first-order valence-electron chi connectivity index (χ1n) is 10.3. The van der Waals surface area contributed by atoms with Crippen LogP contribution >= 0.6 is 0 Å². The van der Waals surface area contributed by atoms with E-state index in [0.717, 1.165) is 33.8 Å². The molecular weight excluding hydrogens is 410 g/mol. The maximum atomic E-state index is 12.9. The number of aromatic amines is 1. The van der Waals surface area contributed by atoms with Gasteiger partial charge in [0.15, 0.2) is 0 Å². The van der Waals surface area contributed by atoms with Crippen LogP contribution in [0.25, 0.3) is 22.5 Å². The fourth-order valence-electron chi connectivity index (χ4n) is 4.28. The van der Waals surface area contributed by atoms with Gasteiger partial charge in [-0.1, -0.05) is 6.07 Å². The minimum Gasteiger partial charge on any atom is -0.378 e. The van der Waals surface area contributed by atoms with Crippen molar-refractivity contribution >= 4 is 17.7 Å². The fourth-order valence-corrected chi connectivity index (χ4v) is 4.28. The van der Waals surface area contributed by atoms with Gasteiger partial charge in [-0.2, -0.15) is 5.10 Å². The number of amides is 3. The summed E-state index contributed by atoms with van der Waals surface area (Å²) < 4.78 is 5.23. The topological polar surface area (TPSA) is 117 Å². The lowest BCUT2D eigenvalue weighted by Crippen LogP contribution is -2.52. The van der Waals surface area contributed by atoms with Crippen molar-refractivity contribution in [2.45, 2.75) is 32.0 Å². The van der Waals surface area contributed by atoms with E-state index >= 15 is 0 Å². The van der Waals surface area contributed by atoms with Crippen molar-refractivity contribution in [3.05, 3.63) is 59.4 Å². The van der Waals surface area contributed by atoms with Crippen molar-refractivity contribution in [3.8, 4) is 22.5 Å². The summed E-state index contributed by atoms with van der Waals surface area (Å²) in [7, 11) is 1.63. The van der Waals surface area contributed by atoms with Gasteiger partial charge in [-0.15, -0.1) is 0 Å². The Morgan fingerprint density at radius 2 is 2.03 bits per heavy atom. The molecule has 9 heteroatoms. The Morgan fingerprint density at radius 1 is 1.16 bits per heavy atom. The third-order valence-corrected chi connectivity index (χ3v) is 5.86. The molecule has 0 aliphatic carbocycles. The van der Waals surface area contributed by atoms with E-state index in [0.29, 0.717) is 25.1 Å². The number of aromatic nitrogens is 3. The number of hydrogen-bond donors (Lipinski definition) is 2. The second-order valence-corrected chi connectivity index (χ2v) is 7.87. The summed E-state index contributed by atoms with van der Waals surface area (Å²) >= 11 is 0. The van der Waals surface area contributed by atoms with Gasteiger partial charge in [0.2, 0.25) is 11.8 Å². The molecule has 0 bridgehead atoms. The molecule has 1 aromatic carbocycles. The molecule has 3 aromatic rings. The highest BCUT2D eigenvalue weighted by Gasteiger charge is 2.39. The molecule has 0 radical (unpaired) electrons. The molecular formula is C23H21N5O4. The number of nitrogens with one attached hydrogen (secondary N) is 2. The SMILES string of the molecule is COCc1ncccc1-c1cc(-c2ccc3c(c2)CN(C2CCC(=O)NC2=O)C3=O)n[nH]1. The molecule has 3 amide bonds. The van der Waals surface area contributed by atoms with Crippen molar-refractivity contribution in [3.63, 3.8) is 0 Å². The van der Waals surface area contributed by atoms with E-state index in [1.54, 1.807) is 24.3 Å². The minimum absolute atomic E-state index is 0.191. The Labute approximate surface area is 183 Å². The molecule has 4 heterocycles. The fraction of sp³-hybridized carbons (Fsp3) is 0.261. The normalized spacial score (nSPS) is 18.1. The monoisotopic (exact) mass is 431 g/mol. The summed E-state index contributed by atoms with van der Waals surface area (Å²) in [5, 5.41) is 9.83. The number of piperidine rings is 1. The van der Waals surface area contributed by atoms with E-state index in [9.17, 15) is 14.4 Å². The first-order valence-corrected chi connectivity index (χ1v) is 10.3. The summed E-state index contributed by atoms with van der Waals surface area (Å²) in [6, 6.07) is 10.7. The maximum absolute atomic E-state index is 12.9. The third-order valence-electron chi connectivity index (χ3n) is 5.86. The Bertz CT molecular complexity index is 1230. The van der Waals surface area contributed by atoms with E-state index in [1.165, 1.54) is 0 Å². The Balaban J connectivity index is 1.41. The van der Waals surface area contributed by atoms with Gasteiger partial charge in [-0.25, -0.2) is 0 Å². The van der Waals surface area contributed by atoms with Crippen LogP contribution in [0.4, 0.5) is 0 Å². The number of nitrogens with zero attached hydrogens (tertiary/aromatic N) is 3. The molecule has 9 nitrogen and oxygen atoms in total. The molecule has 0 saturated carbocycles. The van der Waals surface area contributed by atoms with Crippen molar-refractivity contribution in [2.75, 3.05) is 7.11 Å². The predicted octanol–water partition coefficient (Wildman–Crippen LogP) is 2.05. The first-order chi connectivity index (χ1) is 15.5. The Hall–Kier alpha value is -3.85. The number of H-pyrrole nitrogens is 1. The summed E-state index contributed by atoms with van der Waals surface area (Å²) in [5.74, 6) is -0.902. The number of benzene rings is 1. The number of hydrogen-bond acceptors (Lipinski definition) is 6. The molecule has 0 spiro atoms. The number of rotatable bonds is 5. The third kappa shape index (κ3) is 3.46. The number of fused-ring (bicyclic) bond motifs is 1. The molecule has 2 aromatic heterocycles. The summed E-state index contributed by atoms with van der Waals surface area (Å²) in [6.07, 6.45) is 2.30. The van der Waals surface area contributed by atoms with Gasteiger partial charge in [0, 0.05) is 43.0 Å². The summed E-state index contributed by atoms with van der Waals surface area (Å²) in [4.78, 5) is 42.5. The summed E-state index contributed by atoms with van der Waals surface area (Å²) in [6.45, 7) is 0.716. The molecule has 1 saturated heterocycles. The van der Waals surface area contributed by atoms with E-state index in [-0.39, 0.29) is 18.2 Å². The second-order valence-electron chi connectivity index (χ2n) is 7.87. The van der Waals surface area contributed by atoms with E-state index in [2.05, 4.69) is 20.5 Å². The van der Waals surface area contributed by atoms with E-state index in [1.807, 2.05) is 30.3 Å². The van der Waals surface area contributed by atoms with Crippen molar-refractivity contribution in [1.29, 1.82) is 0 Å². The maximum Gasteiger partial charge on any atom is 0.255 e. The number of ether oxygens (including phenoxy) is 1.